The van der Waals surface area contributed by atoms with E-state index in [1.165, 1.54) is 0 Å². The molecule has 0 bridgehead atoms. The van der Waals surface area contributed by atoms with Crippen LogP contribution in [0.15, 0.2) is 36.7 Å². The van der Waals surface area contributed by atoms with E-state index in [1.807, 2.05) is 42.1 Å². The molecule has 6 heteroatoms. The van der Waals surface area contributed by atoms with E-state index >= 15 is 0 Å². The SMILES string of the molecule is Cc1ccccc1NC(=O)Nc1cnn(CC2CCOCC2)c1. The normalized spacial score (nSPS) is 15.3. The molecule has 0 radical (unpaired) electrons. The van der Waals surface area contributed by atoms with Gasteiger partial charge in [0.1, 0.15) is 0 Å². The number of para-hydroxylation sites is 1. The summed E-state index contributed by atoms with van der Waals surface area (Å²) in [7, 11) is 0. The van der Waals surface area contributed by atoms with Crippen LogP contribution >= 0.6 is 0 Å². The van der Waals surface area contributed by atoms with Crippen molar-refractivity contribution in [3.8, 4) is 0 Å². The van der Waals surface area contributed by atoms with Crippen molar-refractivity contribution in [2.24, 2.45) is 5.92 Å². The summed E-state index contributed by atoms with van der Waals surface area (Å²) in [6.07, 6.45) is 5.68. The third-order valence-electron chi connectivity index (χ3n) is 4.07. The van der Waals surface area contributed by atoms with Gasteiger partial charge in [-0.2, -0.15) is 5.10 Å². The van der Waals surface area contributed by atoms with Gasteiger partial charge in [-0.05, 0) is 37.3 Å². The Balaban J connectivity index is 1.54. The number of aromatic nitrogens is 2. The van der Waals surface area contributed by atoms with Crippen LogP contribution in [0.25, 0.3) is 0 Å². The Labute approximate surface area is 135 Å². The fourth-order valence-corrected chi connectivity index (χ4v) is 2.72. The molecule has 1 aliphatic heterocycles. The van der Waals surface area contributed by atoms with Gasteiger partial charge in [0.05, 0.1) is 11.9 Å². The molecule has 2 amide bonds. The largest absolute Gasteiger partial charge is 0.381 e. The maximum absolute atomic E-state index is 12.1. The molecule has 1 fully saturated rings. The molecule has 0 unspecified atom stereocenters. The summed E-state index contributed by atoms with van der Waals surface area (Å²) in [4.78, 5) is 12.1. The Morgan fingerprint density at radius 2 is 2.09 bits per heavy atom. The second-order valence-corrected chi connectivity index (χ2v) is 5.90. The Morgan fingerprint density at radius 1 is 1.30 bits per heavy atom. The van der Waals surface area contributed by atoms with E-state index in [0.717, 1.165) is 43.9 Å². The lowest BCUT2D eigenvalue weighted by atomic mass is 10.0. The minimum atomic E-state index is -0.259. The third-order valence-corrected chi connectivity index (χ3v) is 4.07. The first kappa shape index (κ1) is 15.6. The van der Waals surface area contributed by atoms with E-state index in [4.69, 9.17) is 4.74 Å². The molecule has 122 valence electrons. The molecule has 3 rings (SSSR count). The summed E-state index contributed by atoms with van der Waals surface area (Å²) in [5.41, 5.74) is 2.53. The first-order valence-electron chi connectivity index (χ1n) is 7.94. The number of ether oxygens (including phenoxy) is 1. The van der Waals surface area contributed by atoms with Crippen molar-refractivity contribution in [2.45, 2.75) is 26.3 Å². The molecule has 0 atom stereocenters. The first-order chi connectivity index (χ1) is 11.2. The molecule has 6 nitrogen and oxygen atoms in total. The number of rotatable bonds is 4. The maximum atomic E-state index is 12.1. The monoisotopic (exact) mass is 314 g/mol. The predicted octanol–water partition coefficient (Wildman–Crippen LogP) is 3.26. The van der Waals surface area contributed by atoms with E-state index < -0.39 is 0 Å². The predicted molar refractivity (Wildman–Crippen MR) is 89.6 cm³/mol. The van der Waals surface area contributed by atoms with Crippen molar-refractivity contribution in [3.05, 3.63) is 42.2 Å². The van der Waals surface area contributed by atoms with Gasteiger partial charge in [0.15, 0.2) is 0 Å². The van der Waals surface area contributed by atoms with Gasteiger partial charge >= 0.3 is 6.03 Å². The highest BCUT2D eigenvalue weighted by molar-refractivity contribution is 6.00. The molecule has 1 aromatic carbocycles. The van der Waals surface area contributed by atoms with Crippen LogP contribution in [-0.4, -0.2) is 29.0 Å². The molecule has 0 saturated carbocycles. The molecule has 1 saturated heterocycles. The molecule has 0 aliphatic carbocycles. The van der Waals surface area contributed by atoms with Crippen molar-refractivity contribution < 1.29 is 9.53 Å². The Morgan fingerprint density at radius 3 is 2.87 bits per heavy atom. The lowest BCUT2D eigenvalue weighted by molar-refractivity contribution is 0.0601. The Hall–Kier alpha value is -2.34. The van der Waals surface area contributed by atoms with Gasteiger partial charge in [-0.3, -0.25) is 4.68 Å². The van der Waals surface area contributed by atoms with Crippen LogP contribution < -0.4 is 10.6 Å². The molecular formula is C17H22N4O2. The lowest BCUT2D eigenvalue weighted by Crippen LogP contribution is -2.21. The van der Waals surface area contributed by atoms with Crippen molar-refractivity contribution in [3.63, 3.8) is 0 Å². The zero-order chi connectivity index (χ0) is 16.1. The van der Waals surface area contributed by atoms with Crippen LogP contribution in [0.5, 0.6) is 0 Å². The number of benzene rings is 1. The quantitative estimate of drug-likeness (QED) is 0.910. The molecule has 23 heavy (non-hydrogen) atoms. The first-order valence-corrected chi connectivity index (χ1v) is 7.94. The van der Waals surface area contributed by atoms with Crippen LogP contribution in [0.2, 0.25) is 0 Å². The van der Waals surface area contributed by atoms with E-state index in [2.05, 4.69) is 15.7 Å². The number of anilines is 2. The van der Waals surface area contributed by atoms with E-state index in [-0.39, 0.29) is 6.03 Å². The molecule has 1 aromatic heterocycles. The number of nitrogens with one attached hydrogen (secondary N) is 2. The van der Waals surface area contributed by atoms with Gasteiger partial charge in [0, 0.05) is 31.6 Å². The van der Waals surface area contributed by atoms with Crippen LogP contribution in [-0.2, 0) is 11.3 Å². The van der Waals surface area contributed by atoms with Crippen molar-refractivity contribution in [1.29, 1.82) is 0 Å². The Bertz CT molecular complexity index is 662. The number of carbonyl (C=O) groups excluding carboxylic acids is 1. The minimum absolute atomic E-state index is 0.259. The fraction of sp³-hybridized carbons (Fsp3) is 0.412. The number of nitrogens with zero attached hydrogens (tertiary/aromatic N) is 2. The molecule has 2 aromatic rings. The number of hydrogen-bond donors (Lipinski definition) is 2. The highest BCUT2D eigenvalue weighted by atomic mass is 16.5. The zero-order valence-corrected chi connectivity index (χ0v) is 13.3. The van der Waals surface area contributed by atoms with Gasteiger partial charge in [-0.15, -0.1) is 0 Å². The highest BCUT2D eigenvalue weighted by Crippen LogP contribution is 2.18. The highest BCUT2D eigenvalue weighted by Gasteiger charge is 2.15. The van der Waals surface area contributed by atoms with Crippen LogP contribution in [0.1, 0.15) is 18.4 Å². The average Bonchev–Trinajstić information content (AvgIpc) is 2.97. The summed E-state index contributed by atoms with van der Waals surface area (Å²) in [5.74, 6) is 0.595. The molecule has 2 heterocycles. The van der Waals surface area contributed by atoms with Gasteiger partial charge in [0.25, 0.3) is 0 Å². The van der Waals surface area contributed by atoms with Gasteiger partial charge in [-0.1, -0.05) is 18.2 Å². The maximum Gasteiger partial charge on any atom is 0.323 e. The lowest BCUT2D eigenvalue weighted by Gasteiger charge is -2.21. The van der Waals surface area contributed by atoms with Crippen LogP contribution in [0.4, 0.5) is 16.2 Å². The van der Waals surface area contributed by atoms with E-state index in [1.54, 1.807) is 6.20 Å². The van der Waals surface area contributed by atoms with E-state index in [0.29, 0.717) is 11.6 Å². The summed E-state index contributed by atoms with van der Waals surface area (Å²) in [6, 6.07) is 7.42. The molecule has 2 N–H and O–H groups in total. The summed E-state index contributed by atoms with van der Waals surface area (Å²) >= 11 is 0. The summed E-state index contributed by atoms with van der Waals surface area (Å²) in [6.45, 7) is 4.48. The van der Waals surface area contributed by atoms with Crippen molar-refractivity contribution in [2.75, 3.05) is 23.8 Å². The number of carbonyl (C=O) groups is 1. The number of urea groups is 1. The second-order valence-electron chi connectivity index (χ2n) is 5.90. The molecule has 1 aliphatic rings. The summed E-state index contributed by atoms with van der Waals surface area (Å²) in [5, 5.41) is 9.98. The Kier molecular flexibility index (Phi) is 4.92. The third kappa shape index (κ3) is 4.32. The van der Waals surface area contributed by atoms with E-state index in [9.17, 15) is 4.79 Å². The molecule has 0 spiro atoms. The van der Waals surface area contributed by atoms with Crippen LogP contribution in [0.3, 0.4) is 0 Å². The van der Waals surface area contributed by atoms with Gasteiger partial charge in [0.2, 0.25) is 0 Å². The average molecular weight is 314 g/mol. The smallest absolute Gasteiger partial charge is 0.323 e. The summed E-state index contributed by atoms with van der Waals surface area (Å²) < 4.78 is 7.25. The number of aryl methyl sites for hydroxylation is 1. The van der Waals surface area contributed by atoms with Crippen molar-refractivity contribution in [1.82, 2.24) is 9.78 Å². The minimum Gasteiger partial charge on any atom is -0.381 e. The topological polar surface area (TPSA) is 68.2 Å². The zero-order valence-electron chi connectivity index (χ0n) is 13.3. The number of hydrogen-bond acceptors (Lipinski definition) is 3. The fourth-order valence-electron chi connectivity index (χ4n) is 2.72. The standard InChI is InChI=1S/C17H22N4O2/c1-13-4-2-3-5-16(13)20-17(22)19-15-10-18-21(12-15)11-14-6-8-23-9-7-14/h2-5,10,12,14H,6-9,11H2,1H3,(H2,19,20,22). The van der Waals surface area contributed by atoms with Crippen LogP contribution in [0, 0.1) is 12.8 Å². The van der Waals surface area contributed by atoms with Crippen molar-refractivity contribution >= 4 is 17.4 Å². The molecular weight excluding hydrogens is 292 g/mol. The number of amides is 2. The van der Waals surface area contributed by atoms with Gasteiger partial charge < -0.3 is 15.4 Å². The van der Waals surface area contributed by atoms with Gasteiger partial charge in [-0.25, -0.2) is 4.79 Å². The second kappa shape index (κ2) is 7.28.